The van der Waals surface area contributed by atoms with Crippen LogP contribution in [0.1, 0.15) is 59.3 Å². The molecule has 1 atom stereocenters. The Morgan fingerprint density at radius 2 is 1.77 bits per heavy atom. The number of carbonyl (C=O) groups excluding carboxylic acids is 3. The van der Waals surface area contributed by atoms with Gasteiger partial charge in [0.25, 0.3) is 0 Å². The lowest BCUT2D eigenvalue weighted by Crippen LogP contribution is -2.49. The van der Waals surface area contributed by atoms with Crippen LogP contribution in [0.2, 0.25) is 0 Å². The number of primary amides is 1. The molecule has 0 radical (unpaired) electrons. The first-order valence-electron chi connectivity index (χ1n) is 8.09. The highest BCUT2D eigenvalue weighted by atomic mass is 16.2. The largest absolute Gasteiger partial charge is 0.369 e. The van der Waals surface area contributed by atoms with Crippen LogP contribution in [-0.4, -0.2) is 30.3 Å². The first kappa shape index (κ1) is 18.5. The molecule has 6 heteroatoms. The van der Waals surface area contributed by atoms with E-state index in [1.807, 2.05) is 0 Å². The Labute approximate surface area is 132 Å². The van der Waals surface area contributed by atoms with E-state index in [2.05, 4.69) is 10.6 Å². The molecule has 4 N–H and O–H groups in total. The lowest BCUT2D eigenvalue weighted by Gasteiger charge is -2.24. The quantitative estimate of drug-likeness (QED) is 0.656. The molecule has 3 amide bonds. The van der Waals surface area contributed by atoms with Gasteiger partial charge in [-0.1, -0.05) is 19.3 Å². The van der Waals surface area contributed by atoms with Crippen molar-refractivity contribution < 1.29 is 14.4 Å². The number of hydrogen-bond acceptors (Lipinski definition) is 3. The van der Waals surface area contributed by atoms with Crippen LogP contribution in [0.25, 0.3) is 0 Å². The first-order chi connectivity index (χ1) is 10.2. The summed E-state index contributed by atoms with van der Waals surface area (Å²) in [5.74, 6) is -0.408. The van der Waals surface area contributed by atoms with E-state index in [0.29, 0.717) is 12.3 Å². The fourth-order valence-electron chi connectivity index (χ4n) is 2.57. The number of amides is 3. The van der Waals surface area contributed by atoms with Gasteiger partial charge >= 0.3 is 0 Å². The molecule has 0 saturated heterocycles. The van der Waals surface area contributed by atoms with E-state index in [1.165, 1.54) is 19.3 Å². The van der Waals surface area contributed by atoms with E-state index in [-0.39, 0.29) is 18.4 Å². The minimum absolute atomic E-state index is 0.0799. The van der Waals surface area contributed by atoms with E-state index in [0.717, 1.165) is 12.8 Å². The third-order valence-electron chi connectivity index (χ3n) is 4.34. The van der Waals surface area contributed by atoms with Gasteiger partial charge in [0.2, 0.25) is 17.7 Å². The predicted molar refractivity (Wildman–Crippen MR) is 84.8 cm³/mol. The Bertz CT molecular complexity index is 415. The summed E-state index contributed by atoms with van der Waals surface area (Å²) < 4.78 is 0. The van der Waals surface area contributed by atoms with E-state index in [1.54, 1.807) is 20.8 Å². The highest BCUT2D eigenvalue weighted by Crippen LogP contribution is 2.26. The van der Waals surface area contributed by atoms with Crippen LogP contribution in [0.3, 0.4) is 0 Å². The Morgan fingerprint density at radius 1 is 1.18 bits per heavy atom. The van der Waals surface area contributed by atoms with E-state index < -0.39 is 17.4 Å². The summed E-state index contributed by atoms with van der Waals surface area (Å²) in [5.41, 5.74) is 4.45. The van der Waals surface area contributed by atoms with Gasteiger partial charge in [-0.3, -0.25) is 14.4 Å². The molecule has 0 aromatic carbocycles. The van der Waals surface area contributed by atoms with Crippen molar-refractivity contribution in [3.63, 3.8) is 0 Å². The van der Waals surface area contributed by atoms with Crippen molar-refractivity contribution in [1.82, 2.24) is 10.6 Å². The van der Waals surface area contributed by atoms with Gasteiger partial charge in [-0.2, -0.15) is 0 Å². The Kier molecular flexibility index (Phi) is 6.84. The van der Waals surface area contributed by atoms with Crippen molar-refractivity contribution in [2.24, 2.45) is 17.1 Å². The smallest absolute Gasteiger partial charge is 0.242 e. The molecule has 6 nitrogen and oxygen atoms in total. The molecular formula is C16H29N3O3. The molecule has 126 valence electrons. The van der Waals surface area contributed by atoms with Crippen LogP contribution >= 0.6 is 0 Å². The van der Waals surface area contributed by atoms with E-state index in [9.17, 15) is 14.4 Å². The van der Waals surface area contributed by atoms with Gasteiger partial charge in [-0.25, -0.2) is 0 Å². The maximum atomic E-state index is 12.0. The number of hydrogen-bond donors (Lipinski definition) is 3. The van der Waals surface area contributed by atoms with Crippen molar-refractivity contribution in [2.45, 2.75) is 65.3 Å². The number of carbonyl (C=O) groups is 3. The summed E-state index contributed by atoms with van der Waals surface area (Å²) in [6, 6.07) is -0.611. The summed E-state index contributed by atoms with van der Waals surface area (Å²) >= 11 is 0. The minimum Gasteiger partial charge on any atom is -0.369 e. The van der Waals surface area contributed by atoms with Gasteiger partial charge in [0.1, 0.15) is 6.04 Å². The lowest BCUT2D eigenvalue weighted by atomic mass is 9.87. The maximum absolute atomic E-state index is 12.0. The molecule has 1 saturated carbocycles. The average molecular weight is 311 g/mol. The van der Waals surface area contributed by atoms with Crippen LogP contribution in [0, 0.1) is 11.3 Å². The summed E-state index contributed by atoms with van der Waals surface area (Å²) in [6.45, 7) is 5.14. The Hall–Kier alpha value is -1.59. The molecule has 1 aliphatic rings. The van der Waals surface area contributed by atoms with Crippen LogP contribution in [0.15, 0.2) is 0 Å². The fourth-order valence-corrected chi connectivity index (χ4v) is 2.57. The van der Waals surface area contributed by atoms with Gasteiger partial charge < -0.3 is 16.4 Å². The zero-order valence-electron chi connectivity index (χ0n) is 13.9. The standard InChI is InChI=1S/C16H29N3O3/c1-11(14(21)18-10-16(2,3)15(17)22)19-13(20)9-12-7-5-4-6-8-12/h11-12H,4-10H2,1-3H3,(H2,17,22)(H,18,21)(H,19,20)/t11-/m0/s1. The Morgan fingerprint density at radius 3 is 2.32 bits per heavy atom. The fraction of sp³-hybridized carbons (Fsp3) is 0.812. The second-order valence-electron chi connectivity index (χ2n) is 6.96. The van der Waals surface area contributed by atoms with Crippen molar-refractivity contribution in [2.75, 3.05) is 6.54 Å². The first-order valence-corrected chi connectivity index (χ1v) is 8.09. The molecule has 0 spiro atoms. The molecule has 1 rings (SSSR count). The lowest BCUT2D eigenvalue weighted by molar-refractivity contribution is -0.130. The molecule has 0 aromatic rings. The third-order valence-corrected chi connectivity index (χ3v) is 4.34. The summed E-state index contributed by atoms with van der Waals surface area (Å²) in [7, 11) is 0. The molecule has 0 unspecified atom stereocenters. The molecule has 0 bridgehead atoms. The highest BCUT2D eigenvalue weighted by molar-refractivity contribution is 5.88. The third kappa shape index (κ3) is 6.03. The molecule has 0 aliphatic heterocycles. The molecule has 1 fully saturated rings. The minimum atomic E-state index is -0.804. The predicted octanol–water partition coefficient (Wildman–Crippen LogP) is 1.09. The molecule has 0 heterocycles. The van der Waals surface area contributed by atoms with Crippen molar-refractivity contribution in [1.29, 1.82) is 0 Å². The highest BCUT2D eigenvalue weighted by Gasteiger charge is 2.27. The van der Waals surface area contributed by atoms with Gasteiger partial charge in [0.15, 0.2) is 0 Å². The zero-order valence-corrected chi connectivity index (χ0v) is 13.9. The SMILES string of the molecule is C[C@H](NC(=O)CC1CCCCC1)C(=O)NCC(C)(C)C(N)=O. The summed E-state index contributed by atoms with van der Waals surface area (Å²) in [4.78, 5) is 35.1. The number of nitrogens with one attached hydrogen (secondary N) is 2. The summed E-state index contributed by atoms with van der Waals surface area (Å²) in [5, 5.41) is 5.38. The van der Waals surface area contributed by atoms with Gasteiger partial charge in [0.05, 0.1) is 5.41 Å². The van der Waals surface area contributed by atoms with Crippen LogP contribution in [0.4, 0.5) is 0 Å². The van der Waals surface area contributed by atoms with E-state index in [4.69, 9.17) is 5.73 Å². The van der Waals surface area contributed by atoms with Crippen molar-refractivity contribution in [3.05, 3.63) is 0 Å². The summed E-state index contributed by atoms with van der Waals surface area (Å²) in [6.07, 6.45) is 6.32. The molecule has 0 aromatic heterocycles. The van der Waals surface area contributed by atoms with Crippen LogP contribution < -0.4 is 16.4 Å². The van der Waals surface area contributed by atoms with Gasteiger partial charge in [-0.15, -0.1) is 0 Å². The van der Waals surface area contributed by atoms with Crippen LogP contribution in [0.5, 0.6) is 0 Å². The second kappa shape index (κ2) is 8.15. The van der Waals surface area contributed by atoms with Gasteiger partial charge in [-0.05, 0) is 39.5 Å². The zero-order chi connectivity index (χ0) is 16.8. The topological polar surface area (TPSA) is 101 Å². The number of nitrogens with two attached hydrogens (primary N) is 1. The monoisotopic (exact) mass is 311 g/mol. The van der Waals surface area contributed by atoms with Gasteiger partial charge in [0, 0.05) is 13.0 Å². The van der Waals surface area contributed by atoms with Crippen LogP contribution in [-0.2, 0) is 14.4 Å². The molecule has 22 heavy (non-hydrogen) atoms. The molecule has 1 aliphatic carbocycles. The normalized spacial score (nSPS) is 17.6. The van der Waals surface area contributed by atoms with E-state index >= 15 is 0 Å². The maximum Gasteiger partial charge on any atom is 0.242 e. The van der Waals surface area contributed by atoms with Crippen molar-refractivity contribution >= 4 is 17.7 Å². The average Bonchev–Trinajstić information content (AvgIpc) is 2.45. The molecular weight excluding hydrogens is 282 g/mol. The van der Waals surface area contributed by atoms with Crippen molar-refractivity contribution in [3.8, 4) is 0 Å². The number of rotatable bonds is 7. The second-order valence-corrected chi connectivity index (χ2v) is 6.96. The Balaban J connectivity index is 2.33.